The van der Waals surface area contributed by atoms with Crippen LogP contribution in [0.5, 0.6) is 0 Å². The third-order valence-corrected chi connectivity index (χ3v) is 7.94. The molecular weight excluding hydrogens is 276 g/mol. The van der Waals surface area contributed by atoms with E-state index in [2.05, 4.69) is 32.7 Å². The number of hydrogen-bond donors (Lipinski definition) is 1. The first-order chi connectivity index (χ1) is 9.75. The van der Waals surface area contributed by atoms with Crippen LogP contribution < -0.4 is 0 Å². The predicted octanol–water partition coefficient (Wildman–Crippen LogP) is 4.34. The highest BCUT2D eigenvalue weighted by molar-refractivity contribution is 6.71. The maximum Gasteiger partial charge on any atom is 0.191 e. The van der Waals surface area contributed by atoms with Crippen molar-refractivity contribution in [3.05, 3.63) is 35.5 Å². The van der Waals surface area contributed by atoms with Crippen molar-refractivity contribution < 1.29 is 9.53 Å². The molecule has 2 nitrogen and oxygen atoms in total. The molecule has 3 heteroatoms. The molecule has 0 unspecified atom stereocenters. The van der Waals surface area contributed by atoms with E-state index in [-0.39, 0.29) is 11.5 Å². The summed E-state index contributed by atoms with van der Waals surface area (Å²) in [5.74, 6) is 0. The molecule has 3 aliphatic rings. The van der Waals surface area contributed by atoms with Crippen LogP contribution in [0.3, 0.4) is 0 Å². The van der Waals surface area contributed by atoms with Gasteiger partial charge in [0.15, 0.2) is 8.32 Å². The SMILES string of the molecule is C=CCCC1=C(C)C2(CC2)[C@@](C)(O)[C@H]2O[Si](C)(C)CC=C12. The number of fused-ring (bicyclic) bond motifs is 1. The summed E-state index contributed by atoms with van der Waals surface area (Å²) in [5.41, 5.74) is 3.32. The Morgan fingerprint density at radius 3 is 2.71 bits per heavy atom. The lowest BCUT2D eigenvalue weighted by atomic mass is 9.65. The summed E-state index contributed by atoms with van der Waals surface area (Å²) in [5, 5.41) is 11.3. The molecule has 3 rings (SSSR count). The average molecular weight is 305 g/mol. The molecule has 0 saturated heterocycles. The second kappa shape index (κ2) is 4.67. The summed E-state index contributed by atoms with van der Waals surface area (Å²) < 4.78 is 6.49. The van der Waals surface area contributed by atoms with Crippen molar-refractivity contribution in [1.82, 2.24) is 0 Å². The molecule has 1 aliphatic heterocycles. The van der Waals surface area contributed by atoms with Crippen LogP contribution in [0.2, 0.25) is 19.1 Å². The maximum atomic E-state index is 11.3. The summed E-state index contributed by atoms with van der Waals surface area (Å²) >= 11 is 0. The molecule has 21 heavy (non-hydrogen) atoms. The standard InChI is InChI=1S/C18H28O2Si/c1-6-7-8-14-13(2)18(10-11-18)17(3,19)16-15(14)9-12-21(4,5)20-16/h6,9,16,19H,1,7-8,10-12H2,2-5H3/t16-,17-/m0/s1. The minimum absolute atomic E-state index is 0.0344. The predicted molar refractivity (Wildman–Crippen MR) is 89.7 cm³/mol. The second-order valence-corrected chi connectivity index (χ2v) is 11.9. The van der Waals surface area contributed by atoms with Crippen molar-refractivity contribution in [3.63, 3.8) is 0 Å². The van der Waals surface area contributed by atoms with Crippen molar-refractivity contribution in [2.24, 2.45) is 5.41 Å². The van der Waals surface area contributed by atoms with Gasteiger partial charge < -0.3 is 9.53 Å². The average Bonchev–Trinajstić information content (AvgIpc) is 3.20. The van der Waals surface area contributed by atoms with Gasteiger partial charge in [0, 0.05) is 5.41 Å². The normalized spacial score (nSPS) is 36.2. The summed E-state index contributed by atoms with van der Waals surface area (Å²) in [6, 6.07) is 1.05. The fraction of sp³-hybridized carbons (Fsp3) is 0.667. The lowest BCUT2D eigenvalue weighted by Gasteiger charge is -2.51. The van der Waals surface area contributed by atoms with Gasteiger partial charge in [0.25, 0.3) is 0 Å². The minimum Gasteiger partial charge on any atom is -0.407 e. The van der Waals surface area contributed by atoms with E-state index in [1.165, 1.54) is 16.7 Å². The van der Waals surface area contributed by atoms with Gasteiger partial charge in [-0.1, -0.05) is 17.7 Å². The summed E-state index contributed by atoms with van der Waals surface area (Å²) in [7, 11) is -1.68. The van der Waals surface area contributed by atoms with Crippen LogP contribution in [0, 0.1) is 5.41 Å². The van der Waals surface area contributed by atoms with Crippen molar-refractivity contribution in [2.75, 3.05) is 0 Å². The van der Waals surface area contributed by atoms with Gasteiger partial charge in [0.2, 0.25) is 0 Å². The van der Waals surface area contributed by atoms with Crippen molar-refractivity contribution >= 4 is 8.32 Å². The molecule has 0 aromatic heterocycles. The van der Waals surface area contributed by atoms with E-state index in [0.29, 0.717) is 0 Å². The van der Waals surface area contributed by atoms with Crippen LogP contribution in [0.25, 0.3) is 0 Å². The molecule has 0 aromatic carbocycles. The first-order valence-corrected chi connectivity index (χ1v) is 11.3. The Hall–Kier alpha value is -0.643. The van der Waals surface area contributed by atoms with Crippen molar-refractivity contribution in [3.8, 4) is 0 Å². The third-order valence-electron chi connectivity index (χ3n) is 5.88. The molecule has 1 N–H and O–H groups in total. The largest absolute Gasteiger partial charge is 0.407 e. The van der Waals surface area contributed by atoms with E-state index in [9.17, 15) is 5.11 Å². The van der Waals surface area contributed by atoms with Crippen LogP contribution in [0.1, 0.15) is 39.5 Å². The molecule has 1 heterocycles. The molecule has 2 atom stereocenters. The van der Waals surface area contributed by atoms with Gasteiger partial charge in [-0.25, -0.2) is 0 Å². The molecule has 0 aromatic rings. The molecule has 0 bridgehead atoms. The Labute approximate surface area is 129 Å². The van der Waals surface area contributed by atoms with E-state index in [1.54, 1.807) is 0 Å². The maximum absolute atomic E-state index is 11.3. The summed E-state index contributed by atoms with van der Waals surface area (Å²) in [6.07, 6.45) is 8.45. The Morgan fingerprint density at radius 1 is 1.48 bits per heavy atom. The molecule has 1 saturated carbocycles. The van der Waals surface area contributed by atoms with Gasteiger partial charge in [0.1, 0.15) is 5.60 Å². The zero-order valence-corrected chi connectivity index (χ0v) is 14.8. The van der Waals surface area contributed by atoms with Crippen molar-refractivity contribution in [2.45, 2.75) is 70.4 Å². The smallest absolute Gasteiger partial charge is 0.191 e. The first kappa shape index (κ1) is 15.3. The van der Waals surface area contributed by atoms with Crippen LogP contribution in [0.4, 0.5) is 0 Å². The summed E-state index contributed by atoms with van der Waals surface area (Å²) in [4.78, 5) is 0. The zero-order valence-electron chi connectivity index (χ0n) is 13.8. The lowest BCUT2D eigenvalue weighted by molar-refractivity contribution is -0.0838. The lowest BCUT2D eigenvalue weighted by Crippen LogP contribution is -2.58. The topological polar surface area (TPSA) is 29.5 Å². The minimum atomic E-state index is -1.68. The number of rotatable bonds is 3. The molecule has 0 amide bonds. The molecule has 116 valence electrons. The monoisotopic (exact) mass is 304 g/mol. The highest BCUT2D eigenvalue weighted by atomic mass is 28.4. The molecule has 1 spiro atoms. The van der Waals surface area contributed by atoms with E-state index >= 15 is 0 Å². The highest BCUT2D eigenvalue weighted by Gasteiger charge is 2.65. The Balaban J connectivity index is 2.10. The highest BCUT2D eigenvalue weighted by Crippen LogP contribution is 2.66. The third kappa shape index (κ3) is 2.13. The van der Waals surface area contributed by atoms with Gasteiger partial charge in [-0.15, -0.1) is 6.58 Å². The molecule has 1 fully saturated rings. The van der Waals surface area contributed by atoms with E-state index < -0.39 is 13.9 Å². The Kier molecular flexibility index (Phi) is 3.40. The van der Waals surface area contributed by atoms with Gasteiger partial charge >= 0.3 is 0 Å². The van der Waals surface area contributed by atoms with Gasteiger partial charge in [-0.3, -0.25) is 0 Å². The molecular formula is C18H28O2Si. The van der Waals surface area contributed by atoms with Crippen LogP contribution in [0.15, 0.2) is 35.5 Å². The first-order valence-electron chi connectivity index (χ1n) is 8.17. The number of hydrogen-bond acceptors (Lipinski definition) is 2. The fourth-order valence-electron chi connectivity index (χ4n) is 4.31. The Morgan fingerprint density at radius 2 is 2.14 bits per heavy atom. The van der Waals surface area contributed by atoms with E-state index in [1.807, 2.05) is 13.0 Å². The van der Waals surface area contributed by atoms with E-state index in [4.69, 9.17) is 4.43 Å². The van der Waals surface area contributed by atoms with Crippen molar-refractivity contribution in [1.29, 1.82) is 0 Å². The quantitative estimate of drug-likeness (QED) is 0.620. The molecule has 2 aliphatic carbocycles. The van der Waals surface area contributed by atoms with E-state index in [0.717, 1.165) is 31.7 Å². The van der Waals surface area contributed by atoms with Crippen LogP contribution in [-0.2, 0) is 4.43 Å². The number of aliphatic hydroxyl groups is 1. The molecule has 0 radical (unpaired) electrons. The zero-order chi connectivity index (χ0) is 15.5. The van der Waals surface area contributed by atoms with Crippen LogP contribution in [-0.4, -0.2) is 25.1 Å². The van der Waals surface area contributed by atoms with Gasteiger partial charge in [-0.2, -0.15) is 0 Å². The van der Waals surface area contributed by atoms with Crippen LogP contribution >= 0.6 is 0 Å². The van der Waals surface area contributed by atoms with Gasteiger partial charge in [0.05, 0.1) is 6.10 Å². The fourth-order valence-corrected chi connectivity index (χ4v) is 6.11. The summed E-state index contributed by atoms with van der Waals surface area (Å²) in [6.45, 7) is 12.6. The number of allylic oxidation sites excluding steroid dienone is 2. The Bertz CT molecular complexity index is 535. The second-order valence-electron chi connectivity index (χ2n) is 7.78. The van der Waals surface area contributed by atoms with Gasteiger partial charge in [-0.05, 0) is 69.8 Å².